The molecule has 1 amide bonds. The maximum atomic E-state index is 12.8. The Morgan fingerprint density at radius 1 is 1.11 bits per heavy atom. The maximum Gasteiger partial charge on any atom is 0.261 e. The molecule has 3 aromatic rings. The number of benzene rings is 3. The number of fused-ring (bicyclic) bond motifs is 1. The number of aryl methyl sites for hydroxylation is 1. The number of halogens is 1. The van der Waals surface area contributed by atoms with E-state index in [1.54, 1.807) is 7.11 Å². The van der Waals surface area contributed by atoms with Gasteiger partial charge in [0.15, 0.2) is 5.11 Å². The van der Waals surface area contributed by atoms with Crippen molar-refractivity contribution in [2.75, 3.05) is 12.4 Å². The number of hydrogen-bond donors (Lipinski definition) is 2. The van der Waals surface area contributed by atoms with Gasteiger partial charge in [0.1, 0.15) is 5.75 Å². The molecule has 0 aromatic heterocycles. The van der Waals surface area contributed by atoms with E-state index in [-0.39, 0.29) is 11.0 Å². The van der Waals surface area contributed by atoms with Crippen molar-refractivity contribution in [3.8, 4) is 5.75 Å². The largest absolute Gasteiger partial charge is 0.496 e. The molecule has 0 bridgehead atoms. The van der Waals surface area contributed by atoms with Crippen LogP contribution < -0.4 is 15.4 Å². The van der Waals surface area contributed by atoms with E-state index in [9.17, 15) is 4.79 Å². The van der Waals surface area contributed by atoms with Crippen LogP contribution in [0.1, 0.15) is 22.8 Å². The molecule has 0 heterocycles. The molecule has 138 valence electrons. The second kappa shape index (κ2) is 8.67. The Bertz CT molecular complexity index is 1020. The number of hydrogen-bond acceptors (Lipinski definition) is 3. The van der Waals surface area contributed by atoms with Crippen molar-refractivity contribution in [1.29, 1.82) is 0 Å². The number of carbonyl (C=O) groups excluding carboxylic acids is 1. The van der Waals surface area contributed by atoms with E-state index >= 15 is 0 Å². The molecule has 27 heavy (non-hydrogen) atoms. The standard InChI is InChI=1S/C21H19IN2O2S/c1-3-13-10-16(22)8-9-18(13)23-21(27)24-20(25)17-11-14-6-4-5-7-15(14)12-19(17)26-2/h4-12H,3H2,1-2H3,(H2,23,24,25,27). The third-order valence-corrected chi connectivity index (χ3v) is 5.11. The van der Waals surface area contributed by atoms with Gasteiger partial charge < -0.3 is 10.1 Å². The summed E-state index contributed by atoms with van der Waals surface area (Å²) in [5.41, 5.74) is 2.48. The summed E-state index contributed by atoms with van der Waals surface area (Å²) in [6.45, 7) is 2.08. The Balaban J connectivity index is 1.81. The highest BCUT2D eigenvalue weighted by atomic mass is 127. The van der Waals surface area contributed by atoms with Crippen LogP contribution in [0.4, 0.5) is 5.69 Å². The second-order valence-electron chi connectivity index (χ2n) is 5.96. The minimum Gasteiger partial charge on any atom is -0.496 e. The predicted octanol–water partition coefficient (Wildman–Crippen LogP) is 5.14. The molecule has 0 radical (unpaired) electrons. The number of anilines is 1. The fraction of sp³-hybridized carbons (Fsp3) is 0.143. The molecule has 0 fully saturated rings. The van der Waals surface area contributed by atoms with Crippen LogP contribution in [0.3, 0.4) is 0 Å². The fourth-order valence-corrected chi connectivity index (χ4v) is 3.62. The van der Waals surface area contributed by atoms with Gasteiger partial charge in [0, 0.05) is 9.26 Å². The highest BCUT2D eigenvalue weighted by Gasteiger charge is 2.15. The highest BCUT2D eigenvalue weighted by molar-refractivity contribution is 14.1. The Morgan fingerprint density at radius 3 is 2.48 bits per heavy atom. The molecule has 3 rings (SSSR count). The summed E-state index contributed by atoms with van der Waals surface area (Å²) in [5.74, 6) is 0.205. The van der Waals surface area contributed by atoms with Crippen molar-refractivity contribution < 1.29 is 9.53 Å². The zero-order chi connectivity index (χ0) is 19.4. The minimum atomic E-state index is -0.307. The molecular formula is C21H19IN2O2S. The van der Waals surface area contributed by atoms with Crippen LogP contribution in [0, 0.1) is 3.57 Å². The molecule has 0 aliphatic rings. The zero-order valence-corrected chi connectivity index (χ0v) is 18.0. The van der Waals surface area contributed by atoms with E-state index < -0.39 is 0 Å². The molecule has 3 aromatic carbocycles. The molecule has 0 aliphatic heterocycles. The van der Waals surface area contributed by atoms with Crippen molar-refractivity contribution >= 4 is 62.3 Å². The van der Waals surface area contributed by atoms with Crippen molar-refractivity contribution in [2.45, 2.75) is 13.3 Å². The van der Waals surface area contributed by atoms with E-state index in [1.165, 1.54) is 0 Å². The lowest BCUT2D eigenvalue weighted by atomic mass is 10.1. The van der Waals surface area contributed by atoms with Gasteiger partial charge in [0.05, 0.1) is 12.7 Å². The highest BCUT2D eigenvalue weighted by Crippen LogP contribution is 2.26. The summed E-state index contributed by atoms with van der Waals surface area (Å²) in [5, 5.41) is 8.10. The summed E-state index contributed by atoms with van der Waals surface area (Å²) in [7, 11) is 1.55. The summed E-state index contributed by atoms with van der Waals surface area (Å²) < 4.78 is 6.56. The first-order chi connectivity index (χ1) is 13.0. The van der Waals surface area contributed by atoms with Crippen molar-refractivity contribution in [2.24, 2.45) is 0 Å². The maximum absolute atomic E-state index is 12.8. The number of amides is 1. The molecule has 0 atom stereocenters. The number of rotatable bonds is 4. The number of ether oxygens (including phenoxy) is 1. The summed E-state index contributed by atoms with van der Waals surface area (Å²) >= 11 is 7.62. The smallest absolute Gasteiger partial charge is 0.261 e. The van der Waals surface area contributed by atoms with Gasteiger partial charge in [-0.2, -0.15) is 0 Å². The number of carbonyl (C=O) groups is 1. The first-order valence-corrected chi connectivity index (χ1v) is 9.98. The number of thiocarbonyl (C=S) groups is 1. The Kier molecular flexibility index (Phi) is 6.28. The van der Waals surface area contributed by atoms with Crippen LogP contribution in [-0.2, 0) is 6.42 Å². The van der Waals surface area contributed by atoms with Gasteiger partial charge in [-0.3, -0.25) is 10.1 Å². The lowest BCUT2D eigenvalue weighted by molar-refractivity contribution is 0.0975. The molecule has 0 saturated carbocycles. The summed E-state index contributed by atoms with van der Waals surface area (Å²) in [6, 6.07) is 17.6. The Labute approximate surface area is 177 Å². The molecule has 0 aliphatic carbocycles. The van der Waals surface area contributed by atoms with Crippen LogP contribution in [-0.4, -0.2) is 18.1 Å². The summed E-state index contributed by atoms with van der Waals surface area (Å²) in [6.07, 6.45) is 0.869. The van der Waals surface area contributed by atoms with Crippen molar-refractivity contribution in [1.82, 2.24) is 5.32 Å². The van der Waals surface area contributed by atoms with Crippen LogP contribution in [0.2, 0.25) is 0 Å². The average Bonchev–Trinajstić information content (AvgIpc) is 2.68. The topological polar surface area (TPSA) is 50.4 Å². The van der Waals surface area contributed by atoms with Gasteiger partial charge >= 0.3 is 0 Å². The van der Waals surface area contributed by atoms with Crippen LogP contribution in [0.25, 0.3) is 10.8 Å². The van der Waals surface area contributed by atoms with E-state index in [2.05, 4.69) is 46.2 Å². The third kappa shape index (κ3) is 4.56. The first kappa shape index (κ1) is 19.6. The van der Waals surface area contributed by atoms with Gasteiger partial charge in [0.2, 0.25) is 0 Å². The number of methoxy groups -OCH3 is 1. The number of nitrogens with one attached hydrogen (secondary N) is 2. The van der Waals surface area contributed by atoms with Gasteiger partial charge in [-0.15, -0.1) is 0 Å². The van der Waals surface area contributed by atoms with Gasteiger partial charge in [0.25, 0.3) is 5.91 Å². The second-order valence-corrected chi connectivity index (χ2v) is 7.62. The quantitative estimate of drug-likeness (QED) is 0.393. The van der Waals surface area contributed by atoms with Crippen LogP contribution in [0.15, 0.2) is 54.6 Å². The van der Waals surface area contributed by atoms with E-state index in [0.29, 0.717) is 11.3 Å². The molecule has 0 spiro atoms. The first-order valence-electron chi connectivity index (χ1n) is 8.49. The minimum absolute atomic E-state index is 0.256. The molecule has 0 unspecified atom stereocenters. The van der Waals surface area contributed by atoms with E-state index in [4.69, 9.17) is 17.0 Å². The zero-order valence-electron chi connectivity index (χ0n) is 15.0. The van der Waals surface area contributed by atoms with Crippen molar-refractivity contribution in [3.63, 3.8) is 0 Å². The average molecular weight is 490 g/mol. The molecule has 6 heteroatoms. The monoisotopic (exact) mass is 490 g/mol. The molecule has 2 N–H and O–H groups in total. The third-order valence-electron chi connectivity index (χ3n) is 4.24. The molecule has 0 saturated heterocycles. The predicted molar refractivity (Wildman–Crippen MR) is 123 cm³/mol. The Morgan fingerprint density at radius 2 is 1.81 bits per heavy atom. The summed E-state index contributed by atoms with van der Waals surface area (Å²) in [4.78, 5) is 12.8. The lowest BCUT2D eigenvalue weighted by Crippen LogP contribution is -2.34. The van der Waals surface area contributed by atoms with E-state index in [1.807, 2.05) is 48.5 Å². The van der Waals surface area contributed by atoms with Gasteiger partial charge in [-0.25, -0.2) is 0 Å². The lowest BCUT2D eigenvalue weighted by Gasteiger charge is -2.14. The van der Waals surface area contributed by atoms with Crippen LogP contribution in [0.5, 0.6) is 5.75 Å². The normalized spacial score (nSPS) is 10.5. The molecule has 4 nitrogen and oxygen atoms in total. The van der Waals surface area contributed by atoms with Gasteiger partial charge in [-0.05, 0) is 87.9 Å². The van der Waals surface area contributed by atoms with E-state index in [0.717, 1.165) is 32.0 Å². The molecular weight excluding hydrogens is 471 g/mol. The van der Waals surface area contributed by atoms with Crippen molar-refractivity contribution in [3.05, 3.63) is 69.3 Å². The van der Waals surface area contributed by atoms with Gasteiger partial charge in [-0.1, -0.05) is 31.2 Å². The fourth-order valence-electron chi connectivity index (χ4n) is 2.87. The SMILES string of the molecule is CCc1cc(I)ccc1NC(=S)NC(=O)c1cc2ccccc2cc1OC. The van der Waals surface area contributed by atoms with Crippen LogP contribution >= 0.6 is 34.8 Å². The Hall–Kier alpha value is -2.19.